The van der Waals surface area contributed by atoms with Gasteiger partial charge in [-0.3, -0.25) is 0 Å². The first-order valence-corrected chi connectivity index (χ1v) is 3.83. The average Bonchev–Trinajstić information content (AvgIpc) is 2.04. The van der Waals surface area contributed by atoms with Crippen molar-refractivity contribution in [2.45, 2.75) is 12.5 Å². The number of aromatic nitrogens is 1. The second kappa shape index (κ2) is 4.25. The number of rotatable bonds is 3. The highest BCUT2D eigenvalue weighted by atomic mass is 19.1. The lowest BCUT2D eigenvalue weighted by Crippen LogP contribution is -2.14. The summed E-state index contributed by atoms with van der Waals surface area (Å²) in [4.78, 5) is 2.98. The second-order valence-corrected chi connectivity index (χ2v) is 2.63. The topological polar surface area (TPSA) is 59.1 Å². The Bertz CT molecular complexity index is 293. The smallest absolute Gasteiger partial charge is 0.220 e. The summed E-state index contributed by atoms with van der Waals surface area (Å²) < 4.78 is 25.3. The van der Waals surface area contributed by atoms with Gasteiger partial charge in [0.1, 0.15) is 0 Å². The standard InChI is InChI=1S/C8H10F2N2O/c9-7-2-1-5(8(10)12-7)6(11)3-4-13/h1-2,6,13H,3-4,11H2/t6-/m1/s1. The number of aliphatic hydroxyl groups is 1. The lowest BCUT2D eigenvalue weighted by molar-refractivity contribution is 0.275. The number of hydrogen-bond donors (Lipinski definition) is 2. The number of halogens is 2. The minimum absolute atomic E-state index is 0.121. The first kappa shape index (κ1) is 10.0. The van der Waals surface area contributed by atoms with Crippen LogP contribution in [0, 0.1) is 11.9 Å². The lowest BCUT2D eigenvalue weighted by Gasteiger charge is -2.09. The van der Waals surface area contributed by atoms with E-state index < -0.39 is 17.9 Å². The van der Waals surface area contributed by atoms with Gasteiger partial charge in [-0.25, -0.2) is 0 Å². The highest BCUT2D eigenvalue weighted by molar-refractivity contribution is 5.15. The molecule has 0 aliphatic rings. The maximum atomic E-state index is 12.9. The van der Waals surface area contributed by atoms with Gasteiger partial charge in [-0.1, -0.05) is 0 Å². The Morgan fingerprint density at radius 3 is 2.69 bits per heavy atom. The Morgan fingerprint density at radius 2 is 2.15 bits per heavy atom. The minimum Gasteiger partial charge on any atom is -0.396 e. The van der Waals surface area contributed by atoms with Crippen molar-refractivity contribution in [1.82, 2.24) is 4.98 Å². The molecule has 0 unspecified atom stereocenters. The molecule has 0 fully saturated rings. The summed E-state index contributed by atoms with van der Waals surface area (Å²) in [6.45, 7) is -0.141. The highest BCUT2D eigenvalue weighted by Gasteiger charge is 2.12. The van der Waals surface area contributed by atoms with Crippen LogP contribution < -0.4 is 5.73 Å². The van der Waals surface area contributed by atoms with Crippen molar-refractivity contribution in [3.05, 3.63) is 29.6 Å². The Labute approximate surface area is 74.2 Å². The first-order chi connectivity index (χ1) is 6.15. The van der Waals surface area contributed by atoms with Gasteiger partial charge >= 0.3 is 0 Å². The van der Waals surface area contributed by atoms with E-state index in [1.807, 2.05) is 0 Å². The van der Waals surface area contributed by atoms with E-state index in [1.54, 1.807) is 0 Å². The lowest BCUT2D eigenvalue weighted by atomic mass is 10.1. The van der Waals surface area contributed by atoms with E-state index in [9.17, 15) is 8.78 Å². The molecule has 0 aliphatic heterocycles. The van der Waals surface area contributed by atoms with Crippen molar-refractivity contribution in [1.29, 1.82) is 0 Å². The molecule has 0 saturated carbocycles. The number of nitrogens with two attached hydrogens (primary N) is 1. The zero-order chi connectivity index (χ0) is 9.84. The molecule has 0 bridgehead atoms. The molecule has 0 radical (unpaired) electrons. The molecular weight excluding hydrogens is 178 g/mol. The van der Waals surface area contributed by atoms with Crippen molar-refractivity contribution in [3.63, 3.8) is 0 Å². The molecule has 0 amide bonds. The van der Waals surface area contributed by atoms with Crippen molar-refractivity contribution >= 4 is 0 Å². The molecule has 0 spiro atoms. The maximum Gasteiger partial charge on any atom is 0.220 e. The van der Waals surface area contributed by atoms with Gasteiger partial charge in [0.15, 0.2) is 0 Å². The molecule has 1 aromatic rings. The van der Waals surface area contributed by atoms with Crippen LogP contribution in [0.25, 0.3) is 0 Å². The van der Waals surface area contributed by atoms with E-state index in [0.717, 1.165) is 6.07 Å². The fourth-order valence-corrected chi connectivity index (χ4v) is 0.994. The normalized spacial score (nSPS) is 12.9. The average molecular weight is 188 g/mol. The summed E-state index contributed by atoms with van der Waals surface area (Å²) in [6.07, 6.45) is 0.226. The predicted molar refractivity (Wildman–Crippen MR) is 42.8 cm³/mol. The van der Waals surface area contributed by atoms with Gasteiger partial charge in [0.2, 0.25) is 11.9 Å². The summed E-state index contributed by atoms with van der Waals surface area (Å²) in [7, 11) is 0. The van der Waals surface area contributed by atoms with Gasteiger partial charge in [0.25, 0.3) is 0 Å². The van der Waals surface area contributed by atoms with E-state index in [2.05, 4.69) is 4.98 Å². The number of hydrogen-bond acceptors (Lipinski definition) is 3. The zero-order valence-corrected chi connectivity index (χ0v) is 6.87. The van der Waals surface area contributed by atoms with E-state index in [4.69, 9.17) is 10.8 Å². The summed E-state index contributed by atoms with van der Waals surface area (Å²) in [5.41, 5.74) is 5.61. The number of nitrogens with zero attached hydrogens (tertiary/aromatic N) is 1. The zero-order valence-electron chi connectivity index (χ0n) is 6.87. The van der Waals surface area contributed by atoms with Gasteiger partial charge in [0, 0.05) is 18.2 Å². The van der Waals surface area contributed by atoms with Crippen LogP contribution >= 0.6 is 0 Å². The largest absolute Gasteiger partial charge is 0.396 e. The van der Waals surface area contributed by atoms with E-state index in [0.29, 0.717) is 0 Å². The Morgan fingerprint density at radius 1 is 1.46 bits per heavy atom. The number of pyridine rings is 1. The molecule has 1 rings (SSSR count). The van der Waals surface area contributed by atoms with Crippen LogP contribution in [0.2, 0.25) is 0 Å². The fraction of sp³-hybridized carbons (Fsp3) is 0.375. The minimum atomic E-state index is -0.916. The second-order valence-electron chi connectivity index (χ2n) is 2.63. The Balaban J connectivity index is 2.88. The summed E-state index contributed by atoms with van der Waals surface area (Å²) in [6, 6.07) is 1.63. The van der Waals surface area contributed by atoms with Crippen LogP contribution in [0.15, 0.2) is 12.1 Å². The highest BCUT2D eigenvalue weighted by Crippen LogP contribution is 2.15. The van der Waals surface area contributed by atoms with Crippen LogP contribution in [-0.2, 0) is 0 Å². The summed E-state index contributed by atoms with van der Waals surface area (Å²) >= 11 is 0. The van der Waals surface area contributed by atoms with E-state index in [1.165, 1.54) is 6.07 Å². The van der Waals surface area contributed by atoms with Crippen molar-refractivity contribution in [2.75, 3.05) is 6.61 Å². The first-order valence-electron chi connectivity index (χ1n) is 3.83. The number of aliphatic hydroxyl groups excluding tert-OH is 1. The van der Waals surface area contributed by atoms with Crippen LogP contribution in [-0.4, -0.2) is 16.7 Å². The van der Waals surface area contributed by atoms with Crippen molar-refractivity contribution < 1.29 is 13.9 Å². The monoisotopic (exact) mass is 188 g/mol. The molecule has 0 saturated heterocycles. The molecule has 0 aliphatic carbocycles. The third-order valence-electron chi connectivity index (χ3n) is 1.68. The summed E-state index contributed by atoms with van der Waals surface area (Å²) in [5.74, 6) is -1.79. The predicted octanol–water partition coefficient (Wildman–Crippen LogP) is 0.742. The van der Waals surface area contributed by atoms with Crippen molar-refractivity contribution in [3.8, 4) is 0 Å². The van der Waals surface area contributed by atoms with Crippen LogP contribution in [0.3, 0.4) is 0 Å². The van der Waals surface area contributed by atoms with Gasteiger partial charge < -0.3 is 10.8 Å². The SMILES string of the molecule is N[C@H](CCO)c1ccc(F)nc1F. The van der Waals surface area contributed by atoms with Crippen LogP contribution in [0.1, 0.15) is 18.0 Å². The molecule has 13 heavy (non-hydrogen) atoms. The molecule has 1 atom stereocenters. The molecule has 1 heterocycles. The Kier molecular flexibility index (Phi) is 3.27. The quantitative estimate of drug-likeness (QED) is 0.688. The van der Waals surface area contributed by atoms with Gasteiger partial charge in [-0.05, 0) is 18.6 Å². The molecule has 5 heteroatoms. The van der Waals surface area contributed by atoms with Gasteiger partial charge in [0.05, 0.1) is 0 Å². The van der Waals surface area contributed by atoms with Crippen LogP contribution in [0.5, 0.6) is 0 Å². The van der Waals surface area contributed by atoms with E-state index >= 15 is 0 Å². The maximum absolute atomic E-state index is 12.9. The Hall–Kier alpha value is -1.07. The summed E-state index contributed by atoms with van der Waals surface area (Å²) in [5, 5.41) is 8.55. The molecule has 3 nitrogen and oxygen atoms in total. The van der Waals surface area contributed by atoms with Gasteiger partial charge in [-0.2, -0.15) is 13.8 Å². The molecule has 3 N–H and O–H groups in total. The fourth-order valence-electron chi connectivity index (χ4n) is 0.994. The molecule has 0 aromatic carbocycles. The van der Waals surface area contributed by atoms with Crippen molar-refractivity contribution in [2.24, 2.45) is 5.73 Å². The third kappa shape index (κ3) is 2.43. The molecule has 1 aromatic heterocycles. The molecular formula is C8H10F2N2O. The van der Waals surface area contributed by atoms with E-state index in [-0.39, 0.29) is 18.6 Å². The van der Waals surface area contributed by atoms with Gasteiger partial charge in [-0.15, -0.1) is 0 Å². The third-order valence-corrected chi connectivity index (χ3v) is 1.68. The van der Waals surface area contributed by atoms with Crippen LogP contribution in [0.4, 0.5) is 8.78 Å². The molecule has 72 valence electrons.